The Bertz CT molecular complexity index is 1410. The minimum Gasteiger partial charge on any atom is -0.396 e. The predicted octanol–water partition coefficient (Wildman–Crippen LogP) is 6.35. The van der Waals surface area contributed by atoms with Gasteiger partial charge in [-0.3, -0.25) is 4.79 Å². The van der Waals surface area contributed by atoms with Crippen LogP contribution in [0.4, 0.5) is 16.4 Å². The van der Waals surface area contributed by atoms with E-state index in [1.165, 1.54) is 24.3 Å². The minimum absolute atomic E-state index is 0.0435. The number of thiophene rings is 1. The Morgan fingerprint density at radius 2 is 1.61 bits per heavy atom. The third kappa shape index (κ3) is 4.53. The van der Waals surface area contributed by atoms with Crippen LogP contribution in [0.15, 0.2) is 88.7 Å². The highest BCUT2D eigenvalue weighted by molar-refractivity contribution is 7.92. The van der Waals surface area contributed by atoms with Crippen molar-refractivity contribution < 1.29 is 13.2 Å². The molecule has 0 bridgehead atoms. The standard InChI is InChI=1S/C25H21ClN2O3S2/c1-2-16-8-6-7-11-20(16)28-25-24(33(30,31)19-14-12-18(26)13-15-19)21(27)23(32-25)22(29)17-9-4-3-5-10-17/h3-15,28H,2,27H2,1H3. The quantitative estimate of drug-likeness (QED) is 0.291. The molecule has 0 atom stereocenters. The number of aryl methyl sites for hydroxylation is 1. The molecule has 4 rings (SSSR count). The Labute approximate surface area is 201 Å². The maximum atomic E-state index is 13.6. The summed E-state index contributed by atoms with van der Waals surface area (Å²) in [7, 11) is -4.04. The molecule has 0 fully saturated rings. The van der Waals surface area contributed by atoms with Gasteiger partial charge in [-0.25, -0.2) is 8.42 Å². The van der Waals surface area contributed by atoms with Crippen LogP contribution >= 0.6 is 22.9 Å². The summed E-state index contributed by atoms with van der Waals surface area (Å²) in [6.07, 6.45) is 0.749. The molecule has 3 N–H and O–H groups in total. The summed E-state index contributed by atoms with van der Waals surface area (Å²) in [5.74, 6) is -0.331. The summed E-state index contributed by atoms with van der Waals surface area (Å²) >= 11 is 6.99. The smallest absolute Gasteiger partial charge is 0.211 e. The van der Waals surface area contributed by atoms with Gasteiger partial charge in [0.25, 0.3) is 0 Å². The lowest BCUT2D eigenvalue weighted by Crippen LogP contribution is -2.08. The van der Waals surface area contributed by atoms with Crippen molar-refractivity contribution in [3.05, 3.63) is 99.9 Å². The van der Waals surface area contributed by atoms with Crippen LogP contribution in [0.25, 0.3) is 0 Å². The maximum absolute atomic E-state index is 13.6. The van der Waals surface area contributed by atoms with Crippen LogP contribution in [0.2, 0.25) is 5.02 Å². The number of sulfone groups is 1. The fourth-order valence-electron chi connectivity index (χ4n) is 3.47. The fraction of sp³-hybridized carbons (Fsp3) is 0.0800. The highest BCUT2D eigenvalue weighted by Gasteiger charge is 2.31. The van der Waals surface area contributed by atoms with Crippen LogP contribution in [0.3, 0.4) is 0 Å². The van der Waals surface area contributed by atoms with Crippen molar-refractivity contribution in [2.75, 3.05) is 11.1 Å². The maximum Gasteiger partial charge on any atom is 0.211 e. The number of halogens is 1. The Kier molecular flexibility index (Phi) is 6.56. The lowest BCUT2D eigenvalue weighted by Gasteiger charge is -2.12. The minimum atomic E-state index is -4.04. The van der Waals surface area contributed by atoms with Crippen molar-refractivity contribution in [2.45, 2.75) is 23.1 Å². The molecule has 1 aromatic heterocycles. The van der Waals surface area contributed by atoms with Crippen molar-refractivity contribution in [1.29, 1.82) is 0 Å². The second kappa shape index (κ2) is 9.39. The van der Waals surface area contributed by atoms with Crippen molar-refractivity contribution in [3.63, 3.8) is 0 Å². The molecule has 0 spiro atoms. The topological polar surface area (TPSA) is 89.3 Å². The molecule has 0 aliphatic heterocycles. The number of hydrogen-bond donors (Lipinski definition) is 2. The molecule has 4 aromatic rings. The highest BCUT2D eigenvalue weighted by Crippen LogP contribution is 2.44. The van der Waals surface area contributed by atoms with E-state index >= 15 is 0 Å². The highest BCUT2D eigenvalue weighted by atomic mass is 35.5. The van der Waals surface area contributed by atoms with Crippen molar-refractivity contribution in [1.82, 2.24) is 0 Å². The van der Waals surface area contributed by atoms with Gasteiger partial charge in [-0.2, -0.15) is 0 Å². The molecule has 3 aromatic carbocycles. The summed E-state index contributed by atoms with van der Waals surface area (Å²) in [6.45, 7) is 2.01. The summed E-state index contributed by atoms with van der Waals surface area (Å²) in [5.41, 5.74) is 8.49. The summed E-state index contributed by atoms with van der Waals surface area (Å²) in [4.78, 5) is 13.3. The Morgan fingerprint density at radius 1 is 0.970 bits per heavy atom. The van der Waals surface area contributed by atoms with E-state index in [0.29, 0.717) is 15.6 Å². The van der Waals surface area contributed by atoms with Crippen LogP contribution in [0.5, 0.6) is 0 Å². The molecule has 168 valence electrons. The van der Waals surface area contributed by atoms with E-state index in [2.05, 4.69) is 5.32 Å². The van der Waals surface area contributed by atoms with Crippen molar-refractivity contribution in [2.24, 2.45) is 0 Å². The van der Waals surface area contributed by atoms with E-state index in [4.69, 9.17) is 17.3 Å². The number of rotatable bonds is 7. The second-order valence-corrected chi connectivity index (χ2v) is 10.6. The molecule has 0 aliphatic rings. The largest absolute Gasteiger partial charge is 0.396 e. The lowest BCUT2D eigenvalue weighted by atomic mass is 10.1. The van der Waals surface area contributed by atoms with Crippen LogP contribution in [0.1, 0.15) is 27.7 Å². The van der Waals surface area contributed by atoms with Crippen molar-refractivity contribution in [3.8, 4) is 0 Å². The lowest BCUT2D eigenvalue weighted by molar-refractivity contribution is 0.104. The molecule has 0 radical (unpaired) electrons. The van der Waals surface area contributed by atoms with E-state index in [9.17, 15) is 13.2 Å². The molecule has 8 heteroatoms. The van der Waals surface area contributed by atoms with Gasteiger partial charge >= 0.3 is 0 Å². The number of benzene rings is 3. The van der Waals surface area contributed by atoms with Gasteiger partial charge in [-0.1, -0.05) is 67.1 Å². The molecule has 0 aliphatic carbocycles. The van der Waals surface area contributed by atoms with Gasteiger partial charge in [-0.05, 0) is 42.3 Å². The van der Waals surface area contributed by atoms with Gasteiger partial charge in [-0.15, -0.1) is 11.3 Å². The zero-order valence-electron chi connectivity index (χ0n) is 17.7. The first kappa shape index (κ1) is 23.0. The first-order valence-electron chi connectivity index (χ1n) is 10.2. The number of ketones is 1. The van der Waals surface area contributed by atoms with Gasteiger partial charge in [0.2, 0.25) is 15.6 Å². The number of nitrogen functional groups attached to an aromatic ring is 1. The number of para-hydroxylation sites is 1. The number of nitrogens with two attached hydrogens (primary N) is 1. The Hall–Kier alpha value is -3.13. The number of carbonyl (C=O) groups excluding carboxylic acids is 1. The monoisotopic (exact) mass is 496 g/mol. The zero-order chi connectivity index (χ0) is 23.6. The molecule has 0 unspecified atom stereocenters. The summed E-state index contributed by atoms with van der Waals surface area (Å²) < 4.78 is 27.3. The van der Waals surface area contributed by atoms with E-state index < -0.39 is 9.84 Å². The zero-order valence-corrected chi connectivity index (χ0v) is 20.1. The van der Waals surface area contributed by atoms with E-state index in [1.807, 2.05) is 31.2 Å². The number of nitrogens with one attached hydrogen (secondary N) is 1. The van der Waals surface area contributed by atoms with Gasteiger partial charge in [0.05, 0.1) is 10.6 Å². The van der Waals surface area contributed by atoms with Crippen LogP contribution in [0, 0.1) is 0 Å². The normalized spacial score (nSPS) is 11.3. The van der Waals surface area contributed by atoms with E-state index in [1.54, 1.807) is 30.3 Å². The molecular formula is C25H21ClN2O3S2. The molecule has 0 amide bonds. The molecule has 1 heterocycles. The average molecular weight is 497 g/mol. The van der Waals surface area contributed by atoms with Crippen LogP contribution < -0.4 is 11.1 Å². The van der Waals surface area contributed by atoms with E-state index in [0.717, 1.165) is 29.0 Å². The third-order valence-corrected chi connectivity index (χ3v) is 8.54. The summed E-state index contributed by atoms with van der Waals surface area (Å²) in [6, 6.07) is 22.1. The van der Waals surface area contributed by atoms with E-state index in [-0.39, 0.29) is 26.1 Å². The average Bonchev–Trinajstić information content (AvgIpc) is 3.16. The number of hydrogen-bond acceptors (Lipinski definition) is 6. The Balaban J connectivity index is 1.90. The number of carbonyl (C=O) groups is 1. The predicted molar refractivity (Wildman–Crippen MR) is 135 cm³/mol. The molecule has 33 heavy (non-hydrogen) atoms. The van der Waals surface area contributed by atoms with Crippen LogP contribution in [-0.2, 0) is 16.3 Å². The number of anilines is 3. The Morgan fingerprint density at radius 3 is 2.27 bits per heavy atom. The molecular weight excluding hydrogens is 476 g/mol. The first-order chi connectivity index (χ1) is 15.8. The van der Waals surface area contributed by atoms with Gasteiger partial charge in [0.1, 0.15) is 14.8 Å². The fourth-order valence-corrected chi connectivity index (χ4v) is 6.52. The van der Waals surface area contributed by atoms with Crippen molar-refractivity contribution >= 4 is 54.9 Å². The first-order valence-corrected chi connectivity index (χ1v) is 12.9. The van der Waals surface area contributed by atoms with Gasteiger partial charge in [0.15, 0.2) is 0 Å². The summed E-state index contributed by atoms with van der Waals surface area (Å²) in [5, 5.41) is 3.94. The van der Waals surface area contributed by atoms with Gasteiger partial charge < -0.3 is 11.1 Å². The van der Waals surface area contributed by atoms with Gasteiger partial charge in [0, 0.05) is 16.3 Å². The SMILES string of the molecule is CCc1ccccc1Nc1sc(C(=O)c2ccccc2)c(N)c1S(=O)(=O)c1ccc(Cl)cc1. The van der Waals surface area contributed by atoms with Crippen LogP contribution in [-0.4, -0.2) is 14.2 Å². The molecule has 0 saturated carbocycles. The molecule has 5 nitrogen and oxygen atoms in total. The molecule has 0 saturated heterocycles. The second-order valence-electron chi connectivity index (χ2n) is 7.29. The third-order valence-electron chi connectivity index (χ3n) is 5.18.